The highest BCUT2D eigenvalue weighted by Gasteiger charge is 2.23. The molecule has 45 heavy (non-hydrogen) atoms. The summed E-state index contributed by atoms with van der Waals surface area (Å²) in [6.45, 7) is 1.13. The van der Waals surface area contributed by atoms with E-state index in [1.54, 1.807) is 48.5 Å². The zero-order chi connectivity index (χ0) is 32.1. The maximum atomic E-state index is 13.3. The standard InChI is InChI=1S/C30H30N4O10S/c1-21(35)40-16-17-41-23-12-14-24(15-13-23)45(37,38)34-28-27(44-26-11-7-6-10-25(26)39-2)29(32-20-31-28)42-18-19-43-30(36)33-22-8-4-3-5-9-22/h3-15,20H,16-19H2,1-2H3,(H,33,36)(H,31,32,34). The average Bonchev–Trinajstić information content (AvgIpc) is 3.03. The minimum absolute atomic E-state index is 0.0526. The number of esters is 1. The van der Waals surface area contributed by atoms with Gasteiger partial charge in [0.1, 0.15) is 38.5 Å². The van der Waals surface area contributed by atoms with Crippen LogP contribution in [0.25, 0.3) is 0 Å². The molecular weight excluding hydrogens is 608 g/mol. The van der Waals surface area contributed by atoms with E-state index < -0.39 is 22.1 Å². The fourth-order valence-electron chi connectivity index (χ4n) is 3.63. The number of anilines is 2. The number of para-hydroxylation sites is 3. The van der Waals surface area contributed by atoms with Gasteiger partial charge in [-0.1, -0.05) is 30.3 Å². The Hall–Kier alpha value is -5.57. The number of nitrogens with zero attached hydrogens (tertiary/aromatic N) is 2. The SMILES string of the molecule is COc1ccccc1Oc1c(NS(=O)(=O)c2ccc(OCCOC(C)=O)cc2)ncnc1OCCOC(=O)Nc1ccccc1. The van der Waals surface area contributed by atoms with Gasteiger partial charge in [-0.2, -0.15) is 4.98 Å². The molecule has 236 valence electrons. The molecule has 0 aliphatic heterocycles. The summed E-state index contributed by atoms with van der Waals surface area (Å²) in [6.07, 6.45) is 0.401. The van der Waals surface area contributed by atoms with Gasteiger partial charge in [0.2, 0.25) is 5.75 Å². The van der Waals surface area contributed by atoms with Crippen LogP contribution in [0.1, 0.15) is 6.92 Å². The normalized spacial score (nSPS) is 10.7. The number of amides is 1. The Balaban J connectivity index is 1.49. The van der Waals surface area contributed by atoms with Crippen molar-refractivity contribution in [3.8, 4) is 28.9 Å². The quantitative estimate of drug-likeness (QED) is 0.137. The molecule has 1 amide bonds. The predicted molar refractivity (Wildman–Crippen MR) is 161 cm³/mol. The van der Waals surface area contributed by atoms with Crippen LogP contribution in [0.4, 0.5) is 16.3 Å². The number of hydrogen-bond donors (Lipinski definition) is 2. The van der Waals surface area contributed by atoms with E-state index in [0.29, 0.717) is 17.2 Å². The largest absolute Gasteiger partial charge is 0.493 e. The predicted octanol–water partition coefficient (Wildman–Crippen LogP) is 4.65. The van der Waals surface area contributed by atoms with Gasteiger partial charge < -0.3 is 28.4 Å². The molecule has 15 heteroatoms. The molecule has 0 aliphatic rings. The van der Waals surface area contributed by atoms with E-state index in [-0.39, 0.29) is 54.5 Å². The van der Waals surface area contributed by atoms with Crippen LogP contribution in [0, 0.1) is 0 Å². The van der Waals surface area contributed by atoms with E-state index >= 15 is 0 Å². The number of hydrogen-bond acceptors (Lipinski definition) is 12. The molecule has 0 bridgehead atoms. The second kappa shape index (κ2) is 15.8. The second-order valence-corrected chi connectivity index (χ2v) is 10.5. The summed E-state index contributed by atoms with van der Waals surface area (Å²) >= 11 is 0. The smallest absolute Gasteiger partial charge is 0.411 e. The molecule has 0 aliphatic carbocycles. The van der Waals surface area contributed by atoms with Gasteiger partial charge in [0.25, 0.3) is 15.9 Å². The lowest BCUT2D eigenvalue weighted by molar-refractivity contribution is -0.141. The molecule has 4 rings (SSSR count). The molecule has 1 heterocycles. The van der Waals surface area contributed by atoms with Crippen LogP contribution < -0.4 is 29.0 Å². The minimum Gasteiger partial charge on any atom is -0.493 e. The number of methoxy groups -OCH3 is 1. The minimum atomic E-state index is -4.19. The van der Waals surface area contributed by atoms with Crippen molar-refractivity contribution in [1.29, 1.82) is 0 Å². The number of benzene rings is 3. The number of sulfonamides is 1. The first kappa shape index (κ1) is 32.3. The number of carbonyl (C=O) groups excluding carboxylic acids is 2. The van der Waals surface area contributed by atoms with Crippen LogP contribution in [0.3, 0.4) is 0 Å². The maximum Gasteiger partial charge on any atom is 0.411 e. The Kier molecular flexibility index (Phi) is 11.3. The van der Waals surface area contributed by atoms with E-state index in [2.05, 4.69) is 20.0 Å². The molecule has 3 aromatic carbocycles. The summed E-state index contributed by atoms with van der Waals surface area (Å²) in [5, 5.41) is 2.58. The highest BCUT2D eigenvalue weighted by molar-refractivity contribution is 7.92. The van der Waals surface area contributed by atoms with Crippen LogP contribution in [0.2, 0.25) is 0 Å². The highest BCUT2D eigenvalue weighted by Crippen LogP contribution is 2.39. The Morgan fingerprint density at radius 3 is 2.16 bits per heavy atom. The van der Waals surface area contributed by atoms with Crippen LogP contribution in [-0.4, -0.2) is 64.0 Å². The third-order valence-electron chi connectivity index (χ3n) is 5.65. The Bertz CT molecular complexity index is 1690. The molecule has 0 unspecified atom stereocenters. The Morgan fingerprint density at radius 1 is 0.778 bits per heavy atom. The molecule has 2 N–H and O–H groups in total. The fraction of sp³-hybridized carbons (Fsp3) is 0.200. The molecule has 1 aromatic heterocycles. The second-order valence-electron chi connectivity index (χ2n) is 8.85. The topological polar surface area (TPSA) is 173 Å². The van der Waals surface area contributed by atoms with Crippen molar-refractivity contribution >= 4 is 33.6 Å². The first-order chi connectivity index (χ1) is 21.7. The van der Waals surface area contributed by atoms with Gasteiger partial charge in [0.05, 0.1) is 12.0 Å². The van der Waals surface area contributed by atoms with Gasteiger partial charge in [-0.05, 0) is 48.5 Å². The van der Waals surface area contributed by atoms with Gasteiger partial charge in [0, 0.05) is 12.6 Å². The van der Waals surface area contributed by atoms with Gasteiger partial charge in [-0.3, -0.25) is 14.8 Å². The van der Waals surface area contributed by atoms with Crippen LogP contribution in [0.5, 0.6) is 28.9 Å². The summed E-state index contributed by atoms with van der Waals surface area (Å²) < 4.78 is 61.6. The first-order valence-electron chi connectivity index (χ1n) is 13.4. The summed E-state index contributed by atoms with van der Waals surface area (Å²) in [4.78, 5) is 31.1. The lowest BCUT2D eigenvalue weighted by Gasteiger charge is -2.17. The fourth-order valence-corrected chi connectivity index (χ4v) is 4.64. The van der Waals surface area contributed by atoms with Crippen molar-refractivity contribution < 1.29 is 46.4 Å². The van der Waals surface area contributed by atoms with Crippen molar-refractivity contribution in [2.24, 2.45) is 0 Å². The van der Waals surface area contributed by atoms with E-state index in [4.69, 9.17) is 28.4 Å². The number of nitrogens with one attached hydrogen (secondary N) is 2. The van der Waals surface area contributed by atoms with Crippen molar-refractivity contribution in [1.82, 2.24) is 9.97 Å². The monoisotopic (exact) mass is 638 g/mol. The number of ether oxygens (including phenoxy) is 6. The summed E-state index contributed by atoms with van der Waals surface area (Å²) in [5.41, 5.74) is 0.560. The van der Waals surface area contributed by atoms with Gasteiger partial charge in [0.15, 0.2) is 17.3 Å². The number of rotatable bonds is 15. The van der Waals surface area contributed by atoms with Crippen molar-refractivity contribution in [3.63, 3.8) is 0 Å². The Labute approximate surface area is 259 Å². The molecule has 0 atom stereocenters. The lowest BCUT2D eigenvalue weighted by Crippen LogP contribution is -2.18. The van der Waals surface area contributed by atoms with Crippen molar-refractivity contribution in [2.75, 3.05) is 43.6 Å². The average molecular weight is 639 g/mol. The molecule has 4 aromatic rings. The summed E-state index contributed by atoms with van der Waals surface area (Å²) in [6, 6.07) is 21.0. The highest BCUT2D eigenvalue weighted by atomic mass is 32.2. The molecule has 0 fully saturated rings. The third kappa shape index (κ3) is 9.72. The molecule has 0 saturated carbocycles. The summed E-state index contributed by atoms with van der Waals surface area (Å²) in [7, 11) is -2.74. The van der Waals surface area contributed by atoms with Crippen LogP contribution in [-0.2, 0) is 24.3 Å². The van der Waals surface area contributed by atoms with E-state index in [9.17, 15) is 18.0 Å². The lowest BCUT2D eigenvalue weighted by atomic mass is 10.3. The molecule has 0 radical (unpaired) electrons. The number of aromatic nitrogens is 2. The van der Waals surface area contributed by atoms with Gasteiger partial charge >= 0.3 is 12.1 Å². The van der Waals surface area contributed by atoms with Crippen molar-refractivity contribution in [3.05, 3.63) is 85.2 Å². The van der Waals surface area contributed by atoms with E-state index in [1.165, 1.54) is 38.3 Å². The number of carbonyl (C=O) groups is 2. The zero-order valence-corrected chi connectivity index (χ0v) is 25.1. The van der Waals surface area contributed by atoms with Crippen LogP contribution in [0.15, 0.2) is 90.1 Å². The van der Waals surface area contributed by atoms with E-state index in [0.717, 1.165) is 6.33 Å². The first-order valence-corrected chi connectivity index (χ1v) is 14.9. The van der Waals surface area contributed by atoms with Crippen LogP contribution >= 0.6 is 0 Å². The maximum absolute atomic E-state index is 13.3. The molecule has 14 nitrogen and oxygen atoms in total. The third-order valence-corrected chi connectivity index (χ3v) is 7.01. The molecule has 0 saturated heterocycles. The Morgan fingerprint density at radius 2 is 1.44 bits per heavy atom. The summed E-state index contributed by atoms with van der Waals surface area (Å²) in [5.74, 6) is 0.00848. The van der Waals surface area contributed by atoms with Crippen molar-refractivity contribution in [2.45, 2.75) is 11.8 Å². The molecule has 0 spiro atoms. The van der Waals surface area contributed by atoms with E-state index in [1.807, 2.05) is 6.07 Å². The van der Waals surface area contributed by atoms with Gasteiger partial charge in [-0.25, -0.2) is 18.2 Å². The zero-order valence-electron chi connectivity index (χ0n) is 24.3. The molecular formula is C30H30N4O10S. The van der Waals surface area contributed by atoms with Gasteiger partial charge in [-0.15, -0.1) is 0 Å².